The average Bonchev–Trinajstić information content (AvgIpc) is 2.77. The highest BCUT2D eigenvalue weighted by Crippen LogP contribution is 2.24. The first-order valence-corrected chi connectivity index (χ1v) is 9.38. The number of thioether (sulfide) groups is 1. The number of aromatic nitrogens is 1. The fourth-order valence-corrected chi connectivity index (χ4v) is 4.37. The van der Waals surface area contributed by atoms with Crippen LogP contribution in [0.5, 0.6) is 0 Å². The minimum absolute atomic E-state index is 0.203. The highest BCUT2D eigenvalue weighted by molar-refractivity contribution is 8.00. The van der Waals surface area contributed by atoms with Crippen LogP contribution in [0.1, 0.15) is 32.6 Å². The largest absolute Gasteiger partial charge is 0.249 e. The number of nitrogens with zero attached hydrogens (tertiary/aromatic N) is 3. The van der Waals surface area contributed by atoms with Crippen molar-refractivity contribution in [1.82, 2.24) is 9.29 Å². The second-order valence-electron chi connectivity index (χ2n) is 5.04. The predicted octanol–water partition coefficient (Wildman–Crippen LogP) is 2.65. The van der Waals surface area contributed by atoms with Gasteiger partial charge in [0.2, 0.25) is 10.0 Å². The maximum atomic E-state index is 12.6. The van der Waals surface area contributed by atoms with Crippen molar-refractivity contribution >= 4 is 21.8 Å². The maximum absolute atomic E-state index is 12.6. The maximum Gasteiger partial charge on any atom is 0.244 e. The van der Waals surface area contributed by atoms with Gasteiger partial charge < -0.3 is 0 Å². The molecular formula is C14H19N3O2S2. The smallest absolute Gasteiger partial charge is 0.244 e. The van der Waals surface area contributed by atoms with Crippen molar-refractivity contribution in [2.75, 3.05) is 13.1 Å². The Hall–Kier alpha value is -1.10. The van der Waals surface area contributed by atoms with Gasteiger partial charge in [-0.05, 0) is 31.9 Å². The molecule has 0 saturated carbocycles. The monoisotopic (exact) mass is 325 g/mol. The third-order valence-corrected chi connectivity index (χ3v) is 6.22. The van der Waals surface area contributed by atoms with E-state index in [-0.39, 0.29) is 10.1 Å². The lowest BCUT2D eigenvalue weighted by molar-refractivity contribution is 0.423. The third kappa shape index (κ3) is 4.19. The van der Waals surface area contributed by atoms with Crippen molar-refractivity contribution in [2.45, 2.75) is 47.8 Å². The van der Waals surface area contributed by atoms with E-state index >= 15 is 0 Å². The van der Waals surface area contributed by atoms with Crippen molar-refractivity contribution in [1.29, 1.82) is 5.26 Å². The minimum atomic E-state index is -3.44. The van der Waals surface area contributed by atoms with Crippen molar-refractivity contribution in [2.24, 2.45) is 0 Å². The number of hydrogen-bond donors (Lipinski definition) is 0. The molecule has 0 bridgehead atoms. The molecule has 1 aromatic rings. The van der Waals surface area contributed by atoms with E-state index in [2.05, 4.69) is 11.1 Å². The Morgan fingerprint density at radius 2 is 1.95 bits per heavy atom. The zero-order chi connectivity index (χ0) is 15.3. The first kappa shape index (κ1) is 16.3. The number of sulfonamides is 1. The van der Waals surface area contributed by atoms with Crippen LogP contribution in [0, 0.1) is 11.3 Å². The van der Waals surface area contributed by atoms with E-state index in [0.29, 0.717) is 18.1 Å². The Balaban J connectivity index is 2.15. The first-order valence-electron chi connectivity index (χ1n) is 7.06. The van der Waals surface area contributed by atoms with Crippen LogP contribution in [0.4, 0.5) is 0 Å². The second-order valence-corrected chi connectivity index (χ2v) is 8.34. The van der Waals surface area contributed by atoms with Gasteiger partial charge in [-0.25, -0.2) is 13.4 Å². The Labute approximate surface area is 130 Å². The van der Waals surface area contributed by atoms with Crippen LogP contribution in [0.25, 0.3) is 0 Å². The van der Waals surface area contributed by atoms with Gasteiger partial charge in [0.05, 0.1) is 16.3 Å². The van der Waals surface area contributed by atoms with E-state index < -0.39 is 10.0 Å². The topological polar surface area (TPSA) is 74.1 Å². The van der Waals surface area contributed by atoms with Gasteiger partial charge in [0.15, 0.2) is 0 Å². The van der Waals surface area contributed by atoms with Crippen LogP contribution in [0.3, 0.4) is 0 Å². The Kier molecular flexibility index (Phi) is 5.62. The van der Waals surface area contributed by atoms with Crippen LogP contribution >= 0.6 is 11.8 Å². The summed E-state index contributed by atoms with van der Waals surface area (Å²) in [7, 11) is -3.44. The molecule has 114 valence electrons. The van der Waals surface area contributed by atoms with Gasteiger partial charge in [-0.15, -0.1) is 0 Å². The van der Waals surface area contributed by atoms with Crippen molar-refractivity contribution < 1.29 is 8.42 Å². The van der Waals surface area contributed by atoms with Crippen LogP contribution in [-0.2, 0) is 10.0 Å². The molecule has 0 spiro atoms. The summed E-state index contributed by atoms with van der Waals surface area (Å²) in [6.07, 6.45) is 5.41. The van der Waals surface area contributed by atoms with Gasteiger partial charge in [0, 0.05) is 19.3 Å². The Bertz CT molecular complexity index is 600. The number of rotatable bonds is 4. The molecular weight excluding hydrogens is 306 g/mol. The van der Waals surface area contributed by atoms with E-state index in [9.17, 15) is 8.42 Å². The highest BCUT2D eigenvalue weighted by atomic mass is 32.2. The SMILES string of the molecule is CC(C#N)Sc1ccc(S(=O)(=O)N2CCCCCC2)cn1. The van der Waals surface area contributed by atoms with Crippen molar-refractivity contribution in [3.63, 3.8) is 0 Å². The molecule has 2 heterocycles. The molecule has 7 heteroatoms. The lowest BCUT2D eigenvalue weighted by Crippen LogP contribution is -2.32. The zero-order valence-corrected chi connectivity index (χ0v) is 13.7. The second kappa shape index (κ2) is 7.25. The first-order chi connectivity index (χ1) is 10.0. The molecule has 1 unspecified atom stereocenters. The van der Waals surface area contributed by atoms with E-state index in [1.807, 2.05) is 0 Å². The lowest BCUT2D eigenvalue weighted by Gasteiger charge is -2.19. The summed E-state index contributed by atoms with van der Waals surface area (Å²) in [6.45, 7) is 2.96. The third-order valence-electron chi connectivity index (χ3n) is 3.39. The molecule has 5 nitrogen and oxygen atoms in total. The van der Waals surface area contributed by atoms with Crippen molar-refractivity contribution in [3.8, 4) is 6.07 Å². The summed E-state index contributed by atoms with van der Waals surface area (Å²) in [5.74, 6) is 0. The fourth-order valence-electron chi connectivity index (χ4n) is 2.23. The summed E-state index contributed by atoms with van der Waals surface area (Å²) in [5.41, 5.74) is 0. The number of pyridine rings is 1. The normalized spacial score (nSPS) is 18.7. The van der Waals surface area contributed by atoms with E-state index in [1.54, 1.807) is 23.4 Å². The number of nitriles is 1. The van der Waals surface area contributed by atoms with Crippen LogP contribution in [0.2, 0.25) is 0 Å². The zero-order valence-electron chi connectivity index (χ0n) is 12.0. The lowest BCUT2D eigenvalue weighted by atomic mass is 10.2. The van der Waals surface area contributed by atoms with Gasteiger partial charge in [0.1, 0.15) is 4.90 Å². The van der Waals surface area contributed by atoms with E-state index in [0.717, 1.165) is 25.7 Å². The van der Waals surface area contributed by atoms with Gasteiger partial charge in [0.25, 0.3) is 0 Å². The summed E-state index contributed by atoms with van der Waals surface area (Å²) in [5, 5.41) is 9.24. The molecule has 0 amide bonds. The fraction of sp³-hybridized carbons (Fsp3) is 0.571. The quantitative estimate of drug-likeness (QED) is 0.796. The molecule has 0 N–H and O–H groups in total. The molecule has 21 heavy (non-hydrogen) atoms. The van der Waals surface area contributed by atoms with Gasteiger partial charge in [-0.3, -0.25) is 0 Å². The summed E-state index contributed by atoms with van der Waals surface area (Å²) < 4.78 is 26.7. The number of hydrogen-bond acceptors (Lipinski definition) is 5. The molecule has 1 atom stereocenters. The predicted molar refractivity (Wildman–Crippen MR) is 82.4 cm³/mol. The molecule has 0 aliphatic carbocycles. The summed E-state index contributed by atoms with van der Waals surface area (Å²) in [4.78, 5) is 4.39. The minimum Gasteiger partial charge on any atom is -0.249 e. The van der Waals surface area contributed by atoms with Gasteiger partial charge in [-0.2, -0.15) is 9.57 Å². The van der Waals surface area contributed by atoms with E-state index in [1.165, 1.54) is 18.0 Å². The van der Waals surface area contributed by atoms with Gasteiger partial charge >= 0.3 is 0 Å². The van der Waals surface area contributed by atoms with Gasteiger partial charge in [-0.1, -0.05) is 24.6 Å². The molecule has 2 rings (SSSR count). The molecule has 0 aromatic carbocycles. The van der Waals surface area contributed by atoms with Crippen LogP contribution < -0.4 is 0 Å². The van der Waals surface area contributed by atoms with Crippen LogP contribution in [0.15, 0.2) is 28.3 Å². The highest BCUT2D eigenvalue weighted by Gasteiger charge is 2.25. The Morgan fingerprint density at radius 3 is 2.48 bits per heavy atom. The molecule has 1 aliphatic rings. The average molecular weight is 325 g/mol. The summed E-state index contributed by atoms with van der Waals surface area (Å²) >= 11 is 1.32. The molecule has 1 saturated heterocycles. The van der Waals surface area contributed by atoms with Crippen molar-refractivity contribution in [3.05, 3.63) is 18.3 Å². The summed E-state index contributed by atoms with van der Waals surface area (Å²) in [6, 6.07) is 5.37. The van der Waals surface area contributed by atoms with Crippen LogP contribution in [-0.4, -0.2) is 36.0 Å². The standard InChI is InChI=1S/C14H19N3O2S2/c1-12(10-15)20-14-7-6-13(11-16-14)21(18,19)17-8-4-2-3-5-9-17/h6-7,11-12H,2-5,8-9H2,1H3. The Morgan fingerprint density at radius 1 is 1.29 bits per heavy atom. The van der Waals surface area contributed by atoms with E-state index in [4.69, 9.17) is 5.26 Å². The molecule has 0 radical (unpaired) electrons. The molecule has 1 fully saturated rings. The molecule has 1 aromatic heterocycles. The molecule has 1 aliphatic heterocycles.